The molecule has 2 aliphatic heterocycles. The van der Waals surface area contributed by atoms with Gasteiger partial charge >= 0.3 is 0 Å². The van der Waals surface area contributed by atoms with E-state index in [-0.39, 0.29) is 16.7 Å². The molecule has 2 amide bonds. The number of nitrogens with zero attached hydrogens (tertiary/aromatic N) is 1. The van der Waals surface area contributed by atoms with Crippen molar-refractivity contribution in [2.24, 2.45) is 0 Å². The molecule has 0 aliphatic carbocycles. The van der Waals surface area contributed by atoms with E-state index in [0.29, 0.717) is 43.6 Å². The Morgan fingerprint density at radius 1 is 1.17 bits per heavy atom. The second kappa shape index (κ2) is 7.61. The zero-order chi connectivity index (χ0) is 20.6. The van der Waals surface area contributed by atoms with Crippen molar-refractivity contribution in [1.82, 2.24) is 4.31 Å². The Labute approximate surface area is 170 Å². The van der Waals surface area contributed by atoms with Gasteiger partial charge in [0.05, 0.1) is 4.90 Å². The van der Waals surface area contributed by atoms with Gasteiger partial charge in [0.1, 0.15) is 6.04 Å². The number of benzene rings is 2. The Kier molecular flexibility index (Phi) is 5.14. The second-order valence-corrected chi connectivity index (χ2v) is 9.34. The first-order valence-electron chi connectivity index (χ1n) is 9.67. The molecule has 4 rings (SSSR count). The van der Waals surface area contributed by atoms with Crippen LogP contribution < -0.4 is 10.6 Å². The predicted molar refractivity (Wildman–Crippen MR) is 110 cm³/mol. The summed E-state index contributed by atoms with van der Waals surface area (Å²) in [6.45, 7) is 2.20. The van der Waals surface area contributed by atoms with Crippen LogP contribution in [-0.2, 0) is 26.0 Å². The van der Waals surface area contributed by atoms with E-state index >= 15 is 0 Å². The summed E-state index contributed by atoms with van der Waals surface area (Å²) in [5.41, 5.74) is 3.05. The van der Waals surface area contributed by atoms with E-state index in [9.17, 15) is 18.0 Å². The first-order chi connectivity index (χ1) is 13.9. The molecule has 0 saturated carbocycles. The molecule has 1 unspecified atom stereocenters. The summed E-state index contributed by atoms with van der Waals surface area (Å²) in [7, 11) is -3.82. The van der Waals surface area contributed by atoms with E-state index < -0.39 is 16.1 Å². The number of carbonyl (C=O) groups is 2. The minimum atomic E-state index is -3.82. The third kappa shape index (κ3) is 3.77. The number of amides is 2. The van der Waals surface area contributed by atoms with Gasteiger partial charge in [-0.1, -0.05) is 18.2 Å². The molecule has 2 N–H and O–H groups in total. The third-order valence-corrected chi connectivity index (χ3v) is 7.39. The molecule has 29 heavy (non-hydrogen) atoms. The van der Waals surface area contributed by atoms with Crippen molar-refractivity contribution in [2.75, 3.05) is 17.2 Å². The van der Waals surface area contributed by atoms with E-state index in [1.807, 2.05) is 25.1 Å². The van der Waals surface area contributed by atoms with Gasteiger partial charge in [-0.05, 0) is 61.6 Å². The van der Waals surface area contributed by atoms with E-state index in [2.05, 4.69) is 10.6 Å². The molecule has 2 aromatic carbocycles. The van der Waals surface area contributed by atoms with Crippen LogP contribution in [0.25, 0.3) is 0 Å². The van der Waals surface area contributed by atoms with Gasteiger partial charge < -0.3 is 10.6 Å². The molecule has 0 bridgehead atoms. The number of hydrogen-bond donors (Lipinski definition) is 2. The van der Waals surface area contributed by atoms with Crippen LogP contribution in [0.1, 0.15) is 30.4 Å². The van der Waals surface area contributed by atoms with Gasteiger partial charge in [-0.2, -0.15) is 4.31 Å². The second-order valence-electron chi connectivity index (χ2n) is 7.45. The zero-order valence-corrected chi connectivity index (χ0v) is 17.0. The molecule has 0 radical (unpaired) electrons. The molecule has 152 valence electrons. The Morgan fingerprint density at radius 2 is 1.97 bits per heavy atom. The smallest absolute Gasteiger partial charge is 0.243 e. The first-order valence-corrected chi connectivity index (χ1v) is 11.1. The van der Waals surface area contributed by atoms with Crippen molar-refractivity contribution in [2.45, 2.75) is 43.5 Å². The summed E-state index contributed by atoms with van der Waals surface area (Å²) in [6, 6.07) is 11.4. The Morgan fingerprint density at radius 3 is 2.76 bits per heavy atom. The van der Waals surface area contributed by atoms with Gasteiger partial charge in [-0.15, -0.1) is 0 Å². The number of carbonyl (C=O) groups excluding carboxylic acids is 2. The van der Waals surface area contributed by atoms with Crippen LogP contribution in [0.3, 0.4) is 0 Å². The highest BCUT2D eigenvalue weighted by Crippen LogP contribution is 2.31. The molecule has 2 aromatic rings. The van der Waals surface area contributed by atoms with Gasteiger partial charge in [0.2, 0.25) is 21.8 Å². The zero-order valence-electron chi connectivity index (χ0n) is 16.1. The molecule has 8 heteroatoms. The minimum Gasteiger partial charge on any atom is -0.326 e. The number of rotatable bonds is 4. The highest BCUT2D eigenvalue weighted by Gasteiger charge is 2.39. The predicted octanol–water partition coefficient (Wildman–Crippen LogP) is 2.67. The maximum Gasteiger partial charge on any atom is 0.243 e. The third-order valence-electron chi connectivity index (χ3n) is 5.49. The Balaban J connectivity index is 1.58. The van der Waals surface area contributed by atoms with Crippen LogP contribution in [0.2, 0.25) is 0 Å². The Bertz CT molecular complexity index is 1080. The first kappa shape index (κ1) is 19.6. The number of anilines is 2. The molecule has 0 spiro atoms. The van der Waals surface area contributed by atoms with E-state index in [4.69, 9.17) is 0 Å². The lowest BCUT2D eigenvalue weighted by Crippen LogP contribution is -2.43. The fraction of sp³-hybridized carbons (Fsp3) is 0.333. The highest BCUT2D eigenvalue weighted by molar-refractivity contribution is 7.89. The van der Waals surface area contributed by atoms with Crippen molar-refractivity contribution in [3.8, 4) is 0 Å². The average Bonchev–Trinajstić information content (AvgIpc) is 3.20. The highest BCUT2D eigenvalue weighted by atomic mass is 32.2. The SMILES string of the molecule is Cc1ccccc1NC(=O)C1CCCN1S(=O)(=O)c1ccc2c(c1)CCC(=O)N2. The molecule has 1 saturated heterocycles. The van der Waals surface area contributed by atoms with Crippen molar-refractivity contribution >= 4 is 33.2 Å². The molecule has 7 nitrogen and oxygen atoms in total. The van der Waals surface area contributed by atoms with Crippen molar-refractivity contribution in [3.05, 3.63) is 53.6 Å². The van der Waals surface area contributed by atoms with Crippen molar-refractivity contribution < 1.29 is 18.0 Å². The van der Waals surface area contributed by atoms with Crippen LogP contribution in [0, 0.1) is 6.92 Å². The normalized spacial score (nSPS) is 19.5. The molecule has 2 heterocycles. The van der Waals surface area contributed by atoms with E-state index in [1.54, 1.807) is 18.2 Å². The summed E-state index contributed by atoms with van der Waals surface area (Å²) < 4.78 is 27.9. The fourth-order valence-electron chi connectivity index (χ4n) is 3.87. The van der Waals surface area contributed by atoms with E-state index in [0.717, 1.165) is 11.1 Å². The van der Waals surface area contributed by atoms with Gasteiger partial charge in [0.15, 0.2) is 0 Å². The lowest BCUT2D eigenvalue weighted by atomic mass is 10.0. The number of hydrogen-bond acceptors (Lipinski definition) is 4. The van der Waals surface area contributed by atoms with Crippen LogP contribution in [0.4, 0.5) is 11.4 Å². The summed E-state index contributed by atoms with van der Waals surface area (Å²) in [6.07, 6.45) is 1.95. The number of nitrogens with one attached hydrogen (secondary N) is 2. The summed E-state index contributed by atoms with van der Waals surface area (Å²) in [5.74, 6) is -0.383. The van der Waals surface area contributed by atoms with Gasteiger partial charge in [-0.3, -0.25) is 9.59 Å². The quantitative estimate of drug-likeness (QED) is 0.806. The van der Waals surface area contributed by atoms with Crippen LogP contribution in [0.15, 0.2) is 47.4 Å². The monoisotopic (exact) mass is 413 g/mol. The Hall–Kier alpha value is -2.71. The lowest BCUT2D eigenvalue weighted by Gasteiger charge is -2.25. The summed E-state index contributed by atoms with van der Waals surface area (Å²) in [4.78, 5) is 24.5. The van der Waals surface area contributed by atoms with Crippen LogP contribution >= 0.6 is 0 Å². The fourth-order valence-corrected chi connectivity index (χ4v) is 5.58. The number of para-hydroxylation sites is 1. The summed E-state index contributed by atoms with van der Waals surface area (Å²) in [5, 5.41) is 5.62. The largest absolute Gasteiger partial charge is 0.326 e. The minimum absolute atomic E-state index is 0.0689. The topological polar surface area (TPSA) is 95.6 Å². The van der Waals surface area contributed by atoms with Crippen molar-refractivity contribution in [3.63, 3.8) is 0 Å². The number of sulfonamides is 1. The maximum atomic E-state index is 13.3. The van der Waals surface area contributed by atoms with Gasteiger partial charge in [-0.25, -0.2) is 8.42 Å². The van der Waals surface area contributed by atoms with E-state index in [1.165, 1.54) is 10.4 Å². The molecule has 1 fully saturated rings. The summed E-state index contributed by atoms with van der Waals surface area (Å²) >= 11 is 0. The molecule has 1 atom stereocenters. The molecule has 0 aromatic heterocycles. The molecular weight excluding hydrogens is 390 g/mol. The number of fused-ring (bicyclic) bond motifs is 1. The molecular formula is C21H23N3O4S. The molecule has 2 aliphatic rings. The average molecular weight is 413 g/mol. The lowest BCUT2D eigenvalue weighted by molar-refractivity contribution is -0.119. The number of aryl methyl sites for hydroxylation is 2. The van der Waals surface area contributed by atoms with Gasteiger partial charge in [0.25, 0.3) is 0 Å². The maximum absolute atomic E-state index is 13.3. The van der Waals surface area contributed by atoms with Crippen LogP contribution in [0.5, 0.6) is 0 Å². The standard InChI is InChI=1S/C21H23N3O4S/c1-14-5-2-3-6-17(14)23-21(26)19-7-4-12-24(19)29(27,28)16-9-10-18-15(13-16)8-11-20(25)22-18/h2-3,5-6,9-10,13,19H,4,7-8,11-12H2,1H3,(H,22,25)(H,23,26). The van der Waals surface area contributed by atoms with Crippen LogP contribution in [-0.4, -0.2) is 37.1 Å². The van der Waals surface area contributed by atoms with Gasteiger partial charge in [0, 0.05) is 24.3 Å². The van der Waals surface area contributed by atoms with Crippen molar-refractivity contribution in [1.29, 1.82) is 0 Å².